The average molecular weight is 298 g/mol. The van der Waals surface area contributed by atoms with Crippen LogP contribution in [0.2, 0.25) is 0 Å². The van der Waals surface area contributed by atoms with Crippen LogP contribution in [0.25, 0.3) is 11.0 Å². The van der Waals surface area contributed by atoms with Crippen molar-refractivity contribution in [3.8, 4) is 0 Å². The second-order valence-electron chi connectivity index (χ2n) is 4.98. The highest BCUT2D eigenvalue weighted by molar-refractivity contribution is 7.14. The Balaban J connectivity index is 1.92. The van der Waals surface area contributed by atoms with E-state index in [1.54, 1.807) is 11.3 Å². The topological polar surface area (TPSA) is 34.9 Å². The van der Waals surface area contributed by atoms with E-state index in [0.717, 1.165) is 34.7 Å². The van der Waals surface area contributed by atoms with E-state index >= 15 is 0 Å². The highest BCUT2D eigenvalue weighted by Crippen LogP contribution is 2.21. The van der Waals surface area contributed by atoms with E-state index in [4.69, 9.17) is 0 Å². The van der Waals surface area contributed by atoms with Gasteiger partial charge in [0.15, 0.2) is 5.78 Å². The maximum atomic E-state index is 12.4. The molecule has 0 aliphatic rings. The second-order valence-corrected chi connectivity index (χ2v) is 6.15. The van der Waals surface area contributed by atoms with Crippen molar-refractivity contribution in [3.05, 3.63) is 52.0 Å². The van der Waals surface area contributed by atoms with E-state index in [-0.39, 0.29) is 5.78 Å². The molecule has 0 N–H and O–H groups in total. The van der Waals surface area contributed by atoms with Crippen LogP contribution in [0.3, 0.4) is 0 Å². The minimum atomic E-state index is 0.157. The first-order valence-corrected chi connectivity index (χ1v) is 8.10. The Morgan fingerprint density at radius 1 is 1.19 bits per heavy atom. The molecule has 0 atom stereocenters. The SMILES string of the molecule is CCc1ccc(C(=O)Cc2nc3ccccc3n2CC)s1. The molecule has 108 valence electrons. The van der Waals surface area contributed by atoms with Crippen molar-refractivity contribution in [2.45, 2.75) is 33.2 Å². The highest BCUT2D eigenvalue weighted by atomic mass is 32.1. The first kappa shape index (κ1) is 14.0. The summed E-state index contributed by atoms with van der Waals surface area (Å²) in [4.78, 5) is 19.2. The van der Waals surface area contributed by atoms with Crippen LogP contribution >= 0.6 is 11.3 Å². The van der Waals surface area contributed by atoms with E-state index in [2.05, 4.69) is 29.5 Å². The Morgan fingerprint density at radius 3 is 2.71 bits per heavy atom. The molecule has 2 aromatic heterocycles. The van der Waals surface area contributed by atoms with Crippen LogP contribution in [0.5, 0.6) is 0 Å². The molecule has 0 bridgehead atoms. The van der Waals surface area contributed by atoms with Crippen molar-refractivity contribution in [2.24, 2.45) is 0 Å². The van der Waals surface area contributed by atoms with Gasteiger partial charge in [0, 0.05) is 11.4 Å². The Morgan fingerprint density at radius 2 is 2.00 bits per heavy atom. The predicted molar refractivity (Wildman–Crippen MR) is 87.1 cm³/mol. The summed E-state index contributed by atoms with van der Waals surface area (Å²) in [6, 6.07) is 12.0. The van der Waals surface area contributed by atoms with Crippen LogP contribution in [0.1, 0.15) is 34.2 Å². The van der Waals surface area contributed by atoms with Gasteiger partial charge >= 0.3 is 0 Å². The minimum Gasteiger partial charge on any atom is -0.328 e. The van der Waals surface area contributed by atoms with Crippen molar-refractivity contribution in [1.82, 2.24) is 9.55 Å². The number of carbonyl (C=O) groups is 1. The smallest absolute Gasteiger partial charge is 0.180 e. The zero-order valence-electron chi connectivity index (χ0n) is 12.3. The van der Waals surface area contributed by atoms with E-state index in [1.807, 2.05) is 30.3 Å². The molecule has 0 fully saturated rings. The number of para-hydroxylation sites is 2. The average Bonchev–Trinajstić information content (AvgIpc) is 3.11. The van der Waals surface area contributed by atoms with Gasteiger partial charge in [-0.05, 0) is 37.6 Å². The molecule has 3 nitrogen and oxygen atoms in total. The molecule has 0 spiro atoms. The summed E-state index contributed by atoms with van der Waals surface area (Å²) in [6.07, 6.45) is 1.34. The van der Waals surface area contributed by atoms with Gasteiger partial charge < -0.3 is 4.57 Å². The summed E-state index contributed by atoms with van der Waals surface area (Å²) in [6.45, 7) is 5.02. The number of fused-ring (bicyclic) bond motifs is 1. The van der Waals surface area contributed by atoms with Gasteiger partial charge in [0.05, 0.1) is 22.3 Å². The summed E-state index contributed by atoms with van der Waals surface area (Å²) in [5.74, 6) is 1.01. The Kier molecular flexibility index (Phi) is 3.88. The fraction of sp³-hybridized carbons (Fsp3) is 0.294. The normalized spacial score (nSPS) is 11.1. The summed E-state index contributed by atoms with van der Waals surface area (Å²) in [5, 5.41) is 0. The molecule has 0 aliphatic heterocycles. The molecule has 3 rings (SSSR count). The number of Topliss-reactive ketones (excluding diaryl/α,β-unsaturated/α-hetero) is 1. The summed E-state index contributed by atoms with van der Waals surface area (Å²) in [5.41, 5.74) is 2.06. The van der Waals surface area contributed by atoms with Gasteiger partial charge in [0.2, 0.25) is 0 Å². The van der Waals surface area contributed by atoms with Gasteiger partial charge in [0.1, 0.15) is 5.82 Å². The summed E-state index contributed by atoms with van der Waals surface area (Å²) in [7, 11) is 0. The van der Waals surface area contributed by atoms with Crippen molar-refractivity contribution in [2.75, 3.05) is 0 Å². The number of hydrogen-bond acceptors (Lipinski definition) is 3. The number of ketones is 1. The van der Waals surface area contributed by atoms with Crippen molar-refractivity contribution in [3.63, 3.8) is 0 Å². The van der Waals surface area contributed by atoms with Crippen LogP contribution in [-0.4, -0.2) is 15.3 Å². The third kappa shape index (κ3) is 2.63. The minimum absolute atomic E-state index is 0.157. The molecule has 0 unspecified atom stereocenters. The molecule has 0 aliphatic carbocycles. The monoisotopic (exact) mass is 298 g/mol. The number of rotatable bonds is 5. The molecule has 0 saturated heterocycles. The van der Waals surface area contributed by atoms with Gasteiger partial charge in [-0.25, -0.2) is 4.98 Å². The van der Waals surface area contributed by atoms with Crippen LogP contribution in [0.4, 0.5) is 0 Å². The number of aromatic nitrogens is 2. The van der Waals surface area contributed by atoms with Crippen molar-refractivity contribution >= 4 is 28.2 Å². The summed E-state index contributed by atoms with van der Waals surface area (Å²) >= 11 is 1.59. The van der Waals surface area contributed by atoms with Crippen LogP contribution in [0, 0.1) is 0 Å². The zero-order valence-corrected chi connectivity index (χ0v) is 13.1. The number of thiophene rings is 1. The van der Waals surface area contributed by atoms with Crippen molar-refractivity contribution in [1.29, 1.82) is 0 Å². The third-order valence-electron chi connectivity index (χ3n) is 3.65. The predicted octanol–water partition coefficient (Wildman–Crippen LogP) is 4.11. The molecule has 4 heteroatoms. The van der Waals surface area contributed by atoms with Gasteiger partial charge in [0.25, 0.3) is 0 Å². The molecular formula is C17H18N2OS. The van der Waals surface area contributed by atoms with E-state index in [0.29, 0.717) is 6.42 Å². The number of benzene rings is 1. The number of nitrogens with zero attached hydrogens (tertiary/aromatic N) is 2. The number of carbonyl (C=O) groups excluding carboxylic acids is 1. The highest BCUT2D eigenvalue weighted by Gasteiger charge is 2.15. The van der Waals surface area contributed by atoms with Gasteiger partial charge in [-0.15, -0.1) is 11.3 Å². The quantitative estimate of drug-likeness (QED) is 0.665. The number of aryl methyl sites for hydroxylation is 2. The maximum Gasteiger partial charge on any atom is 0.180 e. The molecule has 1 aromatic carbocycles. The lowest BCUT2D eigenvalue weighted by Gasteiger charge is -2.04. The molecular weight excluding hydrogens is 280 g/mol. The van der Waals surface area contributed by atoms with Crippen LogP contribution < -0.4 is 0 Å². The molecule has 2 heterocycles. The Labute approximate surface area is 128 Å². The molecule has 21 heavy (non-hydrogen) atoms. The third-order valence-corrected chi connectivity index (χ3v) is 4.92. The van der Waals surface area contributed by atoms with Crippen LogP contribution in [-0.2, 0) is 19.4 Å². The Hall–Kier alpha value is -1.94. The molecule has 0 amide bonds. The second kappa shape index (κ2) is 5.82. The lowest BCUT2D eigenvalue weighted by atomic mass is 10.2. The van der Waals surface area contributed by atoms with E-state index in [1.165, 1.54) is 4.88 Å². The fourth-order valence-corrected chi connectivity index (χ4v) is 3.45. The first-order chi connectivity index (χ1) is 10.2. The Bertz CT molecular complexity index is 785. The maximum absolute atomic E-state index is 12.4. The van der Waals surface area contributed by atoms with E-state index < -0.39 is 0 Å². The van der Waals surface area contributed by atoms with Crippen LogP contribution in [0.15, 0.2) is 36.4 Å². The fourth-order valence-electron chi connectivity index (χ4n) is 2.56. The molecule has 3 aromatic rings. The lowest BCUT2D eigenvalue weighted by Crippen LogP contribution is -2.08. The number of hydrogen-bond donors (Lipinski definition) is 0. The van der Waals surface area contributed by atoms with Gasteiger partial charge in [-0.2, -0.15) is 0 Å². The molecule has 0 radical (unpaired) electrons. The zero-order chi connectivity index (χ0) is 14.8. The standard InChI is InChI=1S/C17H18N2OS/c1-3-12-9-10-16(21-12)15(20)11-17-18-13-7-5-6-8-14(13)19(17)4-2/h5-10H,3-4,11H2,1-2H3. The van der Waals surface area contributed by atoms with Gasteiger partial charge in [-0.3, -0.25) is 4.79 Å². The number of imidazole rings is 1. The first-order valence-electron chi connectivity index (χ1n) is 7.29. The largest absolute Gasteiger partial charge is 0.328 e. The van der Waals surface area contributed by atoms with Crippen molar-refractivity contribution < 1.29 is 4.79 Å². The van der Waals surface area contributed by atoms with Gasteiger partial charge in [-0.1, -0.05) is 19.1 Å². The van der Waals surface area contributed by atoms with E-state index in [9.17, 15) is 4.79 Å². The molecule has 0 saturated carbocycles. The summed E-state index contributed by atoms with van der Waals surface area (Å²) < 4.78 is 2.13. The lowest BCUT2D eigenvalue weighted by molar-refractivity contribution is 0.0994.